The SMILES string of the molecule is N#Cc1cc(F)c(F)cc1-c1c(C(F)(F)F)cccc1C(F)(F)F. The molecule has 0 atom stereocenters. The van der Waals surface area contributed by atoms with Crippen molar-refractivity contribution in [3.05, 3.63) is 58.7 Å². The lowest BCUT2D eigenvalue weighted by Gasteiger charge is -2.19. The average molecular weight is 351 g/mol. The minimum absolute atomic E-state index is 0.147. The minimum Gasteiger partial charge on any atom is -0.204 e. The maximum atomic E-state index is 13.4. The van der Waals surface area contributed by atoms with Gasteiger partial charge in [0, 0.05) is 11.1 Å². The Hall–Kier alpha value is -2.63. The Morgan fingerprint density at radius 2 is 1.25 bits per heavy atom. The predicted molar refractivity (Wildman–Crippen MR) is 66.5 cm³/mol. The summed E-state index contributed by atoms with van der Waals surface area (Å²) in [4.78, 5) is 0. The van der Waals surface area contributed by atoms with Gasteiger partial charge < -0.3 is 0 Å². The molecule has 2 aromatic carbocycles. The third-order valence-corrected chi connectivity index (χ3v) is 3.13. The Bertz CT molecular complexity index is 795. The van der Waals surface area contributed by atoms with E-state index in [-0.39, 0.29) is 12.1 Å². The first kappa shape index (κ1) is 17.7. The van der Waals surface area contributed by atoms with Crippen LogP contribution in [0.15, 0.2) is 30.3 Å². The van der Waals surface area contributed by atoms with Crippen LogP contribution in [-0.2, 0) is 12.4 Å². The monoisotopic (exact) mass is 351 g/mol. The highest BCUT2D eigenvalue weighted by atomic mass is 19.4. The molecule has 9 heteroatoms. The molecule has 0 aliphatic carbocycles. The second kappa shape index (κ2) is 5.78. The van der Waals surface area contributed by atoms with Crippen LogP contribution in [0, 0.1) is 23.0 Å². The lowest BCUT2D eigenvalue weighted by molar-refractivity contribution is -0.142. The molecule has 2 rings (SSSR count). The Labute approximate surface area is 129 Å². The molecular weight excluding hydrogens is 346 g/mol. The first-order valence-electron chi connectivity index (χ1n) is 6.13. The molecule has 126 valence electrons. The molecule has 0 heterocycles. The van der Waals surface area contributed by atoms with E-state index >= 15 is 0 Å². The van der Waals surface area contributed by atoms with Crippen LogP contribution in [0.4, 0.5) is 35.1 Å². The van der Waals surface area contributed by atoms with Gasteiger partial charge in [0.15, 0.2) is 11.6 Å². The summed E-state index contributed by atoms with van der Waals surface area (Å²) in [6.07, 6.45) is -10.4. The molecule has 0 bridgehead atoms. The molecule has 0 unspecified atom stereocenters. The van der Waals surface area contributed by atoms with E-state index in [0.717, 1.165) is 0 Å². The van der Waals surface area contributed by atoms with Crippen LogP contribution in [0.25, 0.3) is 11.1 Å². The molecule has 0 aliphatic heterocycles. The Morgan fingerprint density at radius 3 is 1.67 bits per heavy atom. The van der Waals surface area contributed by atoms with Crippen LogP contribution in [0.1, 0.15) is 16.7 Å². The lowest BCUT2D eigenvalue weighted by atomic mass is 9.90. The van der Waals surface area contributed by atoms with Gasteiger partial charge in [-0.05, 0) is 24.3 Å². The summed E-state index contributed by atoms with van der Waals surface area (Å²) in [7, 11) is 0. The Balaban J connectivity index is 2.98. The van der Waals surface area contributed by atoms with E-state index < -0.39 is 51.8 Å². The summed E-state index contributed by atoms with van der Waals surface area (Å²) in [5.41, 5.74) is -6.68. The van der Waals surface area contributed by atoms with Crippen molar-refractivity contribution in [3.63, 3.8) is 0 Å². The molecule has 0 amide bonds. The van der Waals surface area contributed by atoms with Gasteiger partial charge in [-0.1, -0.05) is 6.07 Å². The van der Waals surface area contributed by atoms with Gasteiger partial charge in [0.2, 0.25) is 0 Å². The van der Waals surface area contributed by atoms with E-state index in [1.165, 1.54) is 6.07 Å². The molecule has 0 spiro atoms. The van der Waals surface area contributed by atoms with Crippen molar-refractivity contribution in [2.75, 3.05) is 0 Å². The maximum absolute atomic E-state index is 13.4. The van der Waals surface area contributed by atoms with Crippen LogP contribution in [0.3, 0.4) is 0 Å². The molecule has 0 N–H and O–H groups in total. The summed E-state index contributed by atoms with van der Waals surface area (Å²) < 4.78 is 105. The maximum Gasteiger partial charge on any atom is 0.417 e. The summed E-state index contributed by atoms with van der Waals surface area (Å²) in [5.74, 6) is -3.23. The molecule has 1 nitrogen and oxygen atoms in total. The van der Waals surface area contributed by atoms with E-state index in [1.807, 2.05) is 0 Å². The molecule has 0 aromatic heterocycles. The highest BCUT2D eigenvalue weighted by Crippen LogP contribution is 2.45. The minimum atomic E-state index is -5.20. The van der Waals surface area contributed by atoms with E-state index in [1.54, 1.807) is 0 Å². The summed E-state index contributed by atoms with van der Waals surface area (Å²) in [6, 6.07) is 2.95. The fraction of sp³-hybridized carbons (Fsp3) is 0.133. The van der Waals surface area contributed by atoms with E-state index in [4.69, 9.17) is 5.26 Å². The summed E-state index contributed by atoms with van der Waals surface area (Å²) in [5, 5.41) is 8.88. The van der Waals surface area contributed by atoms with E-state index in [0.29, 0.717) is 18.2 Å². The number of benzene rings is 2. The largest absolute Gasteiger partial charge is 0.417 e. The summed E-state index contributed by atoms with van der Waals surface area (Å²) >= 11 is 0. The smallest absolute Gasteiger partial charge is 0.204 e. The van der Waals surface area contributed by atoms with Crippen LogP contribution >= 0.6 is 0 Å². The second-order valence-electron chi connectivity index (χ2n) is 4.65. The predicted octanol–water partition coefficient (Wildman–Crippen LogP) is 5.54. The van der Waals surface area contributed by atoms with Gasteiger partial charge in [-0.3, -0.25) is 0 Å². The molecule has 0 aliphatic rings. The molecular formula is C15H5F8N. The van der Waals surface area contributed by atoms with Gasteiger partial charge in [0.05, 0.1) is 22.8 Å². The fourth-order valence-electron chi connectivity index (χ4n) is 2.16. The van der Waals surface area contributed by atoms with Gasteiger partial charge in [-0.15, -0.1) is 0 Å². The average Bonchev–Trinajstić information content (AvgIpc) is 2.47. The third-order valence-electron chi connectivity index (χ3n) is 3.13. The third kappa shape index (κ3) is 3.18. The quantitative estimate of drug-likeness (QED) is 0.619. The normalized spacial score (nSPS) is 12.1. The fourth-order valence-corrected chi connectivity index (χ4v) is 2.16. The Kier molecular flexibility index (Phi) is 4.27. The van der Waals surface area contributed by atoms with Crippen molar-refractivity contribution in [2.45, 2.75) is 12.4 Å². The zero-order valence-corrected chi connectivity index (χ0v) is 11.4. The first-order chi connectivity index (χ1) is 11.0. The van der Waals surface area contributed by atoms with Gasteiger partial charge >= 0.3 is 12.4 Å². The Morgan fingerprint density at radius 1 is 0.792 bits per heavy atom. The number of nitriles is 1. The van der Waals surface area contributed by atoms with Crippen molar-refractivity contribution in [2.24, 2.45) is 0 Å². The van der Waals surface area contributed by atoms with Crippen molar-refractivity contribution in [1.29, 1.82) is 5.26 Å². The van der Waals surface area contributed by atoms with Crippen molar-refractivity contribution >= 4 is 0 Å². The molecule has 0 saturated carbocycles. The molecule has 0 fully saturated rings. The number of alkyl halides is 6. The van der Waals surface area contributed by atoms with Crippen LogP contribution in [-0.4, -0.2) is 0 Å². The van der Waals surface area contributed by atoms with Gasteiger partial charge in [0.25, 0.3) is 0 Å². The highest BCUT2D eigenvalue weighted by Gasteiger charge is 2.41. The van der Waals surface area contributed by atoms with Crippen molar-refractivity contribution in [1.82, 2.24) is 0 Å². The lowest BCUT2D eigenvalue weighted by Crippen LogP contribution is -2.14. The molecule has 0 saturated heterocycles. The zero-order chi connectivity index (χ0) is 18.3. The number of halogens is 8. The standard InChI is InChI=1S/C15H5F8N/c16-11-4-7(6-24)8(5-12(11)17)13-9(14(18,19)20)2-1-3-10(13)15(21,22)23/h1-5H. The van der Waals surface area contributed by atoms with Gasteiger partial charge in [-0.25, -0.2) is 8.78 Å². The second-order valence-corrected chi connectivity index (χ2v) is 4.65. The number of nitrogens with zero attached hydrogens (tertiary/aromatic N) is 1. The zero-order valence-electron chi connectivity index (χ0n) is 11.4. The van der Waals surface area contributed by atoms with Crippen LogP contribution in [0.5, 0.6) is 0 Å². The molecule has 0 radical (unpaired) electrons. The first-order valence-corrected chi connectivity index (χ1v) is 6.13. The number of hydrogen-bond donors (Lipinski definition) is 0. The topological polar surface area (TPSA) is 23.8 Å². The highest BCUT2D eigenvalue weighted by molar-refractivity contribution is 5.77. The van der Waals surface area contributed by atoms with Crippen LogP contribution in [0.2, 0.25) is 0 Å². The van der Waals surface area contributed by atoms with E-state index in [2.05, 4.69) is 0 Å². The molecule has 2 aromatic rings. The van der Waals surface area contributed by atoms with Crippen molar-refractivity contribution in [3.8, 4) is 17.2 Å². The van der Waals surface area contributed by atoms with Gasteiger partial charge in [-0.2, -0.15) is 31.6 Å². The number of rotatable bonds is 1. The number of hydrogen-bond acceptors (Lipinski definition) is 1. The molecule has 24 heavy (non-hydrogen) atoms. The van der Waals surface area contributed by atoms with Crippen LogP contribution < -0.4 is 0 Å². The summed E-state index contributed by atoms with van der Waals surface area (Å²) in [6.45, 7) is 0. The van der Waals surface area contributed by atoms with Crippen molar-refractivity contribution < 1.29 is 35.1 Å². The van der Waals surface area contributed by atoms with Gasteiger partial charge in [0.1, 0.15) is 0 Å². The van der Waals surface area contributed by atoms with E-state index in [9.17, 15) is 35.1 Å².